The van der Waals surface area contributed by atoms with Crippen LogP contribution in [0.15, 0.2) is 24.3 Å². The van der Waals surface area contributed by atoms with E-state index in [1.54, 1.807) is 0 Å². The largest absolute Gasteiger partial charge is 0.492 e. The summed E-state index contributed by atoms with van der Waals surface area (Å²) in [4.78, 5) is 2.13. The second kappa shape index (κ2) is 8.51. The van der Waals surface area contributed by atoms with Gasteiger partial charge in [-0.2, -0.15) is 5.26 Å². The number of aliphatic hydroxyl groups is 1. The van der Waals surface area contributed by atoms with Crippen LogP contribution in [0.2, 0.25) is 0 Å². The number of nitriles is 1. The number of hydrogen-bond donors (Lipinski definition) is 1. The second-order valence-electron chi connectivity index (χ2n) is 3.99. The van der Waals surface area contributed by atoms with Gasteiger partial charge in [-0.05, 0) is 24.2 Å². The molecule has 1 aromatic carbocycles. The van der Waals surface area contributed by atoms with Gasteiger partial charge in [0.2, 0.25) is 0 Å². The predicted molar refractivity (Wildman–Crippen MR) is 70.5 cm³/mol. The molecule has 0 aliphatic heterocycles. The van der Waals surface area contributed by atoms with E-state index in [0.717, 1.165) is 24.4 Å². The summed E-state index contributed by atoms with van der Waals surface area (Å²) in [5, 5.41) is 17.4. The van der Waals surface area contributed by atoms with Gasteiger partial charge in [-0.1, -0.05) is 19.1 Å². The summed E-state index contributed by atoms with van der Waals surface area (Å²) in [6.45, 7) is 5.23. The van der Waals surface area contributed by atoms with E-state index < -0.39 is 0 Å². The second-order valence-corrected chi connectivity index (χ2v) is 3.99. The van der Waals surface area contributed by atoms with Crippen LogP contribution in [0, 0.1) is 11.3 Å². The number of likely N-dealkylation sites (N-methyl/N-ethyl adjacent to an activating group) is 1. The van der Waals surface area contributed by atoms with Crippen molar-refractivity contribution in [1.82, 2.24) is 4.90 Å². The monoisotopic (exact) mass is 248 g/mol. The Bertz CT molecular complexity index is 370. The highest BCUT2D eigenvalue weighted by Gasteiger charge is 2.01. The molecule has 0 bridgehead atoms. The number of benzene rings is 1. The molecule has 0 amide bonds. The lowest BCUT2D eigenvalue weighted by atomic mass is 10.2. The Hall–Kier alpha value is -1.57. The maximum Gasteiger partial charge on any atom is 0.119 e. The Morgan fingerprint density at radius 1 is 1.28 bits per heavy atom. The molecule has 0 heterocycles. The Labute approximate surface area is 108 Å². The molecule has 1 N–H and O–H groups in total. The average molecular weight is 248 g/mol. The molecule has 0 radical (unpaired) electrons. The van der Waals surface area contributed by atoms with Crippen LogP contribution in [-0.2, 0) is 6.42 Å². The molecular formula is C14H20N2O2. The Kier molecular flexibility index (Phi) is 6.85. The van der Waals surface area contributed by atoms with Gasteiger partial charge >= 0.3 is 0 Å². The third-order valence-corrected chi connectivity index (χ3v) is 2.75. The Morgan fingerprint density at radius 2 is 2.00 bits per heavy atom. The zero-order valence-electron chi connectivity index (χ0n) is 10.8. The van der Waals surface area contributed by atoms with E-state index in [0.29, 0.717) is 19.6 Å². The highest BCUT2D eigenvalue weighted by Crippen LogP contribution is 2.12. The fourth-order valence-corrected chi connectivity index (χ4v) is 1.66. The van der Waals surface area contributed by atoms with Crippen LogP contribution in [0.1, 0.15) is 12.5 Å². The summed E-state index contributed by atoms with van der Waals surface area (Å²) < 4.78 is 5.61. The standard InChI is InChI=1S/C14H20N2O2/c1-2-16(9-11-17)10-12-18-14-5-3-13(4-6-14)7-8-15/h3-6,17H,2,7,9-12H2,1H3. The summed E-state index contributed by atoms with van der Waals surface area (Å²) in [7, 11) is 0. The maximum absolute atomic E-state index is 8.86. The molecule has 0 saturated carbocycles. The van der Waals surface area contributed by atoms with E-state index >= 15 is 0 Å². The van der Waals surface area contributed by atoms with Crippen molar-refractivity contribution < 1.29 is 9.84 Å². The summed E-state index contributed by atoms with van der Waals surface area (Å²) in [5.74, 6) is 0.816. The highest BCUT2D eigenvalue weighted by atomic mass is 16.5. The summed E-state index contributed by atoms with van der Waals surface area (Å²) in [6.07, 6.45) is 0.431. The summed E-state index contributed by atoms with van der Waals surface area (Å²) in [5.41, 5.74) is 1.00. The van der Waals surface area contributed by atoms with Gasteiger partial charge in [-0.25, -0.2) is 0 Å². The number of hydrogen-bond acceptors (Lipinski definition) is 4. The van der Waals surface area contributed by atoms with E-state index in [-0.39, 0.29) is 6.61 Å². The topological polar surface area (TPSA) is 56.5 Å². The number of rotatable bonds is 8. The SMILES string of the molecule is CCN(CCO)CCOc1ccc(CC#N)cc1. The first-order valence-electron chi connectivity index (χ1n) is 6.22. The summed E-state index contributed by atoms with van der Waals surface area (Å²) in [6, 6.07) is 9.69. The quantitative estimate of drug-likeness (QED) is 0.756. The van der Waals surface area contributed by atoms with Crippen LogP contribution < -0.4 is 4.74 Å². The zero-order valence-corrected chi connectivity index (χ0v) is 10.8. The molecule has 0 aromatic heterocycles. The lowest BCUT2D eigenvalue weighted by molar-refractivity contribution is 0.174. The van der Waals surface area contributed by atoms with Crippen molar-refractivity contribution >= 4 is 0 Å². The van der Waals surface area contributed by atoms with Crippen molar-refractivity contribution in [2.75, 3.05) is 32.8 Å². The number of nitrogens with zero attached hydrogens (tertiary/aromatic N) is 2. The number of ether oxygens (including phenoxy) is 1. The Morgan fingerprint density at radius 3 is 2.56 bits per heavy atom. The molecule has 18 heavy (non-hydrogen) atoms. The molecule has 4 nitrogen and oxygen atoms in total. The first-order chi connectivity index (χ1) is 8.80. The minimum atomic E-state index is 0.177. The summed E-state index contributed by atoms with van der Waals surface area (Å²) >= 11 is 0. The molecular weight excluding hydrogens is 228 g/mol. The van der Waals surface area contributed by atoms with Gasteiger partial charge in [0.1, 0.15) is 12.4 Å². The minimum Gasteiger partial charge on any atom is -0.492 e. The molecule has 98 valence electrons. The maximum atomic E-state index is 8.86. The third-order valence-electron chi connectivity index (χ3n) is 2.75. The van der Waals surface area contributed by atoms with Gasteiger partial charge in [0.05, 0.1) is 19.1 Å². The van der Waals surface area contributed by atoms with Crippen LogP contribution >= 0.6 is 0 Å². The van der Waals surface area contributed by atoms with E-state index in [4.69, 9.17) is 15.1 Å². The molecule has 0 fully saturated rings. The molecule has 0 spiro atoms. The van der Waals surface area contributed by atoms with Gasteiger partial charge in [-0.3, -0.25) is 4.90 Å². The van der Waals surface area contributed by atoms with E-state index in [1.807, 2.05) is 24.3 Å². The van der Waals surface area contributed by atoms with Crippen LogP contribution in [0.25, 0.3) is 0 Å². The Balaban J connectivity index is 2.32. The van der Waals surface area contributed by atoms with E-state index in [2.05, 4.69) is 17.9 Å². The average Bonchev–Trinajstić information content (AvgIpc) is 2.40. The van der Waals surface area contributed by atoms with Gasteiger partial charge in [0, 0.05) is 13.1 Å². The molecule has 0 unspecified atom stereocenters. The fourth-order valence-electron chi connectivity index (χ4n) is 1.66. The molecule has 0 aliphatic carbocycles. The van der Waals surface area contributed by atoms with Crippen LogP contribution in [0.4, 0.5) is 0 Å². The lowest BCUT2D eigenvalue weighted by Crippen LogP contribution is -2.30. The van der Waals surface area contributed by atoms with Crippen molar-refractivity contribution in [2.24, 2.45) is 0 Å². The van der Waals surface area contributed by atoms with E-state index in [9.17, 15) is 0 Å². The van der Waals surface area contributed by atoms with Crippen LogP contribution in [0.5, 0.6) is 5.75 Å². The zero-order chi connectivity index (χ0) is 13.2. The fraction of sp³-hybridized carbons (Fsp3) is 0.500. The highest BCUT2D eigenvalue weighted by molar-refractivity contribution is 5.28. The lowest BCUT2D eigenvalue weighted by Gasteiger charge is -2.19. The van der Waals surface area contributed by atoms with Crippen molar-refractivity contribution in [3.05, 3.63) is 29.8 Å². The first-order valence-corrected chi connectivity index (χ1v) is 6.22. The predicted octanol–water partition coefficient (Wildman–Crippen LogP) is 1.45. The van der Waals surface area contributed by atoms with Crippen molar-refractivity contribution in [3.63, 3.8) is 0 Å². The van der Waals surface area contributed by atoms with Crippen molar-refractivity contribution in [1.29, 1.82) is 5.26 Å². The molecule has 4 heteroatoms. The first kappa shape index (κ1) is 14.5. The molecule has 0 atom stereocenters. The third kappa shape index (κ3) is 5.17. The van der Waals surface area contributed by atoms with Crippen LogP contribution in [0.3, 0.4) is 0 Å². The number of aliphatic hydroxyl groups excluding tert-OH is 1. The van der Waals surface area contributed by atoms with E-state index in [1.165, 1.54) is 0 Å². The molecule has 0 aliphatic rings. The van der Waals surface area contributed by atoms with Gasteiger partial charge < -0.3 is 9.84 Å². The van der Waals surface area contributed by atoms with Gasteiger partial charge in [-0.15, -0.1) is 0 Å². The van der Waals surface area contributed by atoms with Crippen LogP contribution in [-0.4, -0.2) is 42.9 Å². The minimum absolute atomic E-state index is 0.177. The van der Waals surface area contributed by atoms with Crippen molar-refractivity contribution in [2.45, 2.75) is 13.3 Å². The molecule has 0 saturated heterocycles. The molecule has 1 aromatic rings. The normalized spacial score (nSPS) is 10.3. The van der Waals surface area contributed by atoms with Gasteiger partial charge in [0.25, 0.3) is 0 Å². The van der Waals surface area contributed by atoms with Crippen molar-refractivity contribution in [3.8, 4) is 11.8 Å². The molecule has 1 rings (SSSR count). The smallest absolute Gasteiger partial charge is 0.119 e. The van der Waals surface area contributed by atoms with Gasteiger partial charge in [0.15, 0.2) is 0 Å².